The van der Waals surface area contributed by atoms with Gasteiger partial charge >= 0.3 is 5.97 Å². The summed E-state index contributed by atoms with van der Waals surface area (Å²) in [5.74, 6) is -0.210. The van der Waals surface area contributed by atoms with Gasteiger partial charge in [0, 0.05) is 13.0 Å². The van der Waals surface area contributed by atoms with Crippen LogP contribution >= 0.6 is 0 Å². The van der Waals surface area contributed by atoms with Crippen molar-refractivity contribution in [3.05, 3.63) is 48.6 Å². The predicted molar refractivity (Wildman–Crippen MR) is 251 cm³/mol. The van der Waals surface area contributed by atoms with Gasteiger partial charge in [0.2, 0.25) is 0 Å². The van der Waals surface area contributed by atoms with Gasteiger partial charge in [0.05, 0.1) is 13.2 Å². The van der Waals surface area contributed by atoms with E-state index in [9.17, 15) is 9.90 Å². The quantitative estimate of drug-likeness (QED) is 0.0378. The Morgan fingerprint density at radius 1 is 0.421 bits per heavy atom. The number of esters is 1. The highest BCUT2D eigenvalue weighted by molar-refractivity contribution is 5.69. The molecule has 1 unspecified atom stereocenters. The van der Waals surface area contributed by atoms with E-state index in [1.165, 1.54) is 193 Å². The fourth-order valence-electron chi connectivity index (χ4n) is 7.33. The molecule has 334 valence electrons. The number of unbranched alkanes of at least 4 members (excludes halogenated alkanes) is 31. The van der Waals surface area contributed by atoms with Crippen LogP contribution in [0, 0.1) is 0 Å². The minimum atomic E-state index is -0.542. The van der Waals surface area contributed by atoms with E-state index in [1.807, 2.05) is 0 Å². The van der Waals surface area contributed by atoms with Crippen molar-refractivity contribution in [2.24, 2.45) is 0 Å². The summed E-state index contributed by atoms with van der Waals surface area (Å²) < 4.78 is 11.2. The Balaban J connectivity index is 3.40. The van der Waals surface area contributed by atoms with Crippen molar-refractivity contribution in [2.75, 3.05) is 19.8 Å². The minimum absolute atomic E-state index is 0.176. The van der Waals surface area contributed by atoms with Gasteiger partial charge in [0.1, 0.15) is 6.10 Å². The van der Waals surface area contributed by atoms with E-state index in [-0.39, 0.29) is 12.6 Å². The second kappa shape index (κ2) is 50.5. The lowest BCUT2D eigenvalue weighted by Crippen LogP contribution is -2.27. The lowest BCUT2D eigenvalue weighted by Gasteiger charge is -2.16. The molecule has 0 aromatic rings. The van der Waals surface area contributed by atoms with E-state index in [1.54, 1.807) is 0 Å². The standard InChI is InChI=1S/C53H98O4/c1-3-5-7-9-11-13-15-17-19-21-23-24-25-26-27-28-29-31-33-35-37-39-41-43-45-47-49-56-51-52(50-54)57-53(55)48-46-44-42-40-38-36-34-32-30-22-20-18-16-14-12-10-8-6-4-2/h12,14,18,20-21,23,30,32,52,54H,3-11,13,15-17,19,22,24-29,31,33-51H2,1-2H3/b14-12-,20-18-,23-21-,32-30-. The minimum Gasteiger partial charge on any atom is -0.457 e. The van der Waals surface area contributed by atoms with Gasteiger partial charge in [-0.1, -0.05) is 223 Å². The third kappa shape index (κ3) is 48.6. The van der Waals surface area contributed by atoms with Crippen LogP contribution in [-0.2, 0) is 14.3 Å². The molecule has 0 saturated carbocycles. The third-order valence-corrected chi connectivity index (χ3v) is 11.1. The molecular formula is C53H98O4. The molecule has 0 rings (SSSR count). The highest BCUT2D eigenvalue weighted by atomic mass is 16.6. The summed E-state index contributed by atoms with van der Waals surface area (Å²) >= 11 is 0. The van der Waals surface area contributed by atoms with Crippen LogP contribution in [0.1, 0.15) is 258 Å². The predicted octanol–water partition coefficient (Wildman–Crippen LogP) is 17.0. The van der Waals surface area contributed by atoms with E-state index < -0.39 is 6.10 Å². The Morgan fingerprint density at radius 2 is 0.737 bits per heavy atom. The molecule has 0 aromatic heterocycles. The number of aliphatic hydroxyl groups excluding tert-OH is 1. The summed E-state index contributed by atoms with van der Waals surface area (Å²) in [6.07, 6.45) is 66.3. The van der Waals surface area contributed by atoms with Crippen LogP contribution in [0.4, 0.5) is 0 Å². The van der Waals surface area contributed by atoms with Gasteiger partial charge in [0.15, 0.2) is 0 Å². The fraction of sp³-hybridized carbons (Fsp3) is 0.830. The van der Waals surface area contributed by atoms with Crippen molar-refractivity contribution in [3.8, 4) is 0 Å². The molecule has 1 N–H and O–H groups in total. The normalized spacial score (nSPS) is 12.7. The van der Waals surface area contributed by atoms with Crippen LogP contribution in [0.3, 0.4) is 0 Å². The Labute approximate surface area is 356 Å². The number of hydrogen-bond acceptors (Lipinski definition) is 4. The van der Waals surface area contributed by atoms with E-state index in [0.29, 0.717) is 19.6 Å². The maximum Gasteiger partial charge on any atom is 0.306 e. The lowest BCUT2D eigenvalue weighted by atomic mass is 10.0. The Bertz CT molecular complexity index is 889. The molecule has 0 bridgehead atoms. The zero-order valence-electron chi connectivity index (χ0n) is 38.4. The Hall–Kier alpha value is -1.65. The summed E-state index contributed by atoms with van der Waals surface area (Å²) in [6, 6.07) is 0. The topological polar surface area (TPSA) is 55.8 Å². The van der Waals surface area contributed by atoms with Crippen LogP contribution in [0.25, 0.3) is 0 Å². The summed E-state index contributed by atoms with van der Waals surface area (Å²) in [6.45, 7) is 5.33. The van der Waals surface area contributed by atoms with Gasteiger partial charge in [-0.15, -0.1) is 0 Å². The second-order valence-electron chi connectivity index (χ2n) is 16.9. The Kier molecular flexibility index (Phi) is 49.0. The van der Waals surface area contributed by atoms with E-state index in [2.05, 4.69) is 62.5 Å². The molecular weight excluding hydrogens is 701 g/mol. The summed E-state index contributed by atoms with van der Waals surface area (Å²) in [7, 11) is 0. The first-order chi connectivity index (χ1) is 28.2. The van der Waals surface area contributed by atoms with Crippen LogP contribution in [0.15, 0.2) is 48.6 Å². The molecule has 0 radical (unpaired) electrons. The van der Waals surface area contributed by atoms with Crippen LogP contribution in [0.2, 0.25) is 0 Å². The molecule has 0 aliphatic heterocycles. The van der Waals surface area contributed by atoms with E-state index >= 15 is 0 Å². The van der Waals surface area contributed by atoms with E-state index in [4.69, 9.17) is 9.47 Å². The molecule has 0 aliphatic rings. The summed E-state index contributed by atoms with van der Waals surface area (Å²) in [5.41, 5.74) is 0. The number of carbonyl (C=O) groups excluding carboxylic acids is 1. The maximum absolute atomic E-state index is 12.2. The van der Waals surface area contributed by atoms with E-state index in [0.717, 1.165) is 44.9 Å². The van der Waals surface area contributed by atoms with Crippen molar-refractivity contribution >= 4 is 5.97 Å². The van der Waals surface area contributed by atoms with Gasteiger partial charge in [0.25, 0.3) is 0 Å². The molecule has 0 heterocycles. The van der Waals surface area contributed by atoms with Crippen LogP contribution in [-0.4, -0.2) is 37.0 Å². The van der Waals surface area contributed by atoms with Gasteiger partial charge in [-0.2, -0.15) is 0 Å². The number of ether oxygens (including phenoxy) is 2. The first-order valence-electron chi connectivity index (χ1n) is 25.2. The molecule has 0 amide bonds. The average Bonchev–Trinajstić information content (AvgIpc) is 3.22. The average molecular weight is 799 g/mol. The van der Waals surface area contributed by atoms with Gasteiger partial charge in [-0.05, 0) is 77.0 Å². The largest absolute Gasteiger partial charge is 0.457 e. The highest BCUT2D eigenvalue weighted by Crippen LogP contribution is 2.15. The number of allylic oxidation sites excluding steroid dienone is 8. The van der Waals surface area contributed by atoms with Crippen molar-refractivity contribution < 1.29 is 19.4 Å². The molecule has 4 nitrogen and oxygen atoms in total. The zero-order chi connectivity index (χ0) is 41.2. The fourth-order valence-corrected chi connectivity index (χ4v) is 7.33. The van der Waals surface area contributed by atoms with Crippen molar-refractivity contribution in [1.82, 2.24) is 0 Å². The molecule has 1 atom stereocenters. The molecule has 0 spiro atoms. The van der Waals surface area contributed by atoms with Crippen molar-refractivity contribution in [2.45, 2.75) is 264 Å². The lowest BCUT2D eigenvalue weighted by molar-refractivity contribution is -0.154. The Morgan fingerprint density at radius 3 is 1.16 bits per heavy atom. The molecule has 0 fully saturated rings. The molecule has 0 aromatic carbocycles. The van der Waals surface area contributed by atoms with Gasteiger partial charge in [-0.25, -0.2) is 0 Å². The summed E-state index contributed by atoms with van der Waals surface area (Å²) in [5, 5.41) is 9.64. The number of hydrogen-bond donors (Lipinski definition) is 1. The third-order valence-electron chi connectivity index (χ3n) is 11.1. The monoisotopic (exact) mass is 799 g/mol. The SMILES string of the molecule is CCCCC/C=C\C/C=C\C/C=C\CCCCCCCCC(=O)OC(CO)COCCCCCCCCCCCCCCCC/C=C\CCCCCCCCCC. The first-order valence-corrected chi connectivity index (χ1v) is 25.2. The molecule has 4 heteroatoms. The van der Waals surface area contributed by atoms with Gasteiger partial charge in [-0.3, -0.25) is 4.79 Å². The number of rotatable bonds is 47. The first kappa shape index (κ1) is 55.4. The zero-order valence-corrected chi connectivity index (χ0v) is 38.4. The number of aliphatic hydroxyl groups is 1. The summed E-state index contributed by atoms with van der Waals surface area (Å²) in [4.78, 5) is 12.2. The van der Waals surface area contributed by atoms with Crippen LogP contribution in [0.5, 0.6) is 0 Å². The highest BCUT2D eigenvalue weighted by Gasteiger charge is 2.13. The maximum atomic E-state index is 12.2. The molecule has 0 saturated heterocycles. The molecule has 57 heavy (non-hydrogen) atoms. The number of carbonyl (C=O) groups is 1. The van der Waals surface area contributed by atoms with Crippen molar-refractivity contribution in [3.63, 3.8) is 0 Å². The smallest absolute Gasteiger partial charge is 0.306 e. The van der Waals surface area contributed by atoms with Gasteiger partial charge < -0.3 is 14.6 Å². The second-order valence-corrected chi connectivity index (χ2v) is 16.9. The van der Waals surface area contributed by atoms with Crippen molar-refractivity contribution in [1.29, 1.82) is 0 Å². The molecule has 0 aliphatic carbocycles. The van der Waals surface area contributed by atoms with Crippen LogP contribution < -0.4 is 0 Å².